The predicted molar refractivity (Wildman–Crippen MR) is 130 cm³/mol. The van der Waals surface area contributed by atoms with E-state index in [1.165, 1.54) is 11.6 Å². The largest absolute Gasteiger partial charge is 0.451 e. The molecule has 6 heteroatoms. The summed E-state index contributed by atoms with van der Waals surface area (Å²) in [5.74, 6) is -0.359. The second-order valence-corrected chi connectivity index (χ2v) is 9.72. The highest BCUT2D eigenvalue weighted by molar-refractivity contribution is 5.93. The summed E-state index contributed by atoms with van der Waals surface area (Å²) in [7, 11) is 0. The average Bonchev–Trinajstić information content (AvgIpc) is 2.79. The molecule has 1 amide bonds. The molecule has 0 radical (unpaired) electrons. The van der Waals surface area contributed by atoms with Gasteiger partial charge in [-0.05, 0) is 41.2 Å². The van der Waals surface area contributed by atoms with Gasteiger partial charge in [0.1, 0.15) is 5.58 Å². The lowest BCUT2D eigenvalue weighted by molar-refractivity contribution is 0.0161. The van der Waals surface area contributed by atoms with E-state index in [1.54, 1.807) is 12.1 Å². The maximum atomic E-state index is 12.9. The molecule has 3 aromatic rings. The van der Waals surface area contributed by atoms with E-state index < -0.39 is 0 Å². The van der Waals surface area contributed by atoms with Gasteiger partial charge in [-0.3, -0.25) is 14.5 Å². The van der Waals surface area contributed by atoms with E-state index in [2.05, 4.69) is 55.3 Å². The van der Waals surface area contributed by atoms with Crippen LogP contribution >= 0.6 is 0 Å². The SMILES string of the molecule is Cc1ccc2c(=O)cc(C(=O)NCC(c3ccc(C(C)(C)C)cc3)N3CCOCC3)oc2c1. The number of morpholine rings is 1. The Balaban J connectivity index is 1.56. The van der Waals surface area contributed by atoms with Crippen molar-refractivity contribution in [1.29, 1.82) is 0 Å². The number of ether oxygens (including phenoxy) is 1. The first-order chi connectivity index (χ1) is 15.7. The van der Waals surface area contributed by atoms with Gasteiger partial charge in [0.25, 0.3) is 5.91 Å². The lowest BCUT2D eigenvalue weighted by atomic mass is 9.86. The van der Waals surface area contributed by atoms with Crippen molar-refractivity contribution in [2.45, 2.75) is 39.2 Å². The molecule has 1 atom stereocenters. The van der Waals surface area contributed by atoms with Crippen LogP contribution in [0.15, 0.2) is 57.7 Å². The van der Waals surface area contributed by atoms with Gasteiger partial charge in [-0.15, -0.1) is 0 Å². The number of nitrogens with zero attached hydrogens (tertiary/aromatic N) is 1. The molecule has 174 valence electrons. The monoisotopic (exact) mass is 448 g/mol. The zero-order chi connectivity index (χ0) is 23.6. The Kier molecular flexibility index (Phi) is 6.68. The Bertz CT molecular complexity index is 1190. The summed E-state index contributed by atoms with van der Waals surface area (Å²) >= 11 is 0. The Morgan fingerprint density at radius 1 is 1.06 bits per heavy atom. The molecule has 1 aromatic heterocycles. The van der Waals surface area contributed by atoms with E-state index >= 15 is 0 Å². The number of hydrogen-bond donors (Lipinski definition) is 1. The van der Waals surface area contributed by atoms with Crippen molar-refractivity contribution < 1.29 is 13.9 Å². The molecule has 1 aliphatic rings. The summed E-state index contributed by atoms with van der Waals surface area (Å²) in [6, 6.07) is 15.3. The Hall–Kier alpha value is -2.96. The topological polar surface area (TPSA) is 71.8 Å². The zero-order valence-corrected chi connectivity index (χ0v) is 19.8. The van der Waals surface area contributed by atoms with Crippen LogP contribution in [0.5, 0.6) is 0 Å². The standard InChI is InChI=1S/C27H32N2O4/c1-18-5-10-21-23(30)16-25(33-24(21)15-18)26(31)28-17-22(29-11-13-32-14-12-29)19-6-8-20(9-7-19)27(2,3)4/h5-10,15-16,22H,11-14,17H2,1-4H3,(H,28,31). The molecule has 0 saturated carbocycles. The fraction of sp³-hybridized carbons (Fsp3) is 0.407. The second-order valence-electron chi connectivity index (χ2n) is 9.72. The van der Waals surface area contributed by atoms with Gasteiger partial charge in [0, 0.05) is 25.7 Å². The third-order valence-electron chi connectivity index (χ3n) is 6.21. The molecule has 0 spiro atoms. The van der Waals surface area contributed by atoms with Crippen LogP contribution < -0.4 is 10.7 Å². The molecule has 2 aromatic carbocycles. The molecule has 6 nitrogen and oxygen atoms in total. The summed E-state index contributed by atoms with van der Waals surface area (Å²) < 4.78 is 11.3. The zero-order valence-electron chi connectivity index (χ0n) is 19.8. The second kappa shape index (κ2) is 9.49. The first-order valence-electron chi connectivity index (χ1n) is 11.5. The van der Waals surface area contributed by atoms with Crippen LogP contribution in [-0.4, -0.2) is 43.7 Å². The quantitative estimate of drug-likeness (QED) is 0.633. The third kappa shape index (κ3) is 5.34. The molecule has 2 heterocycles. The normalized spacial score (nSPS) is 16.0. The van der Waals surface area contributed by atoms with Gasteiger partial charge in [-0.25, -0.2) is 0 Å². The number of fused-ring (bicyclic) bond motifs is 1. The van der Waals surface area contributed by atoms with Crippen molar-refractivity contribution in [2.75, 3.05) is 32.8 Å². The van der Waals surface area contributed by atoms with E-state index in [0.717, 1.165) is 24.2 Å². The maximum absolute atomic E-state index is 12.9. The van der Waals surface area contributed by atoms with Crippen molar-refractivity contribution in [1.82, 2.24) is 10.2 Å². The van der Waals surface area contributed by atoms with Crippen molar-refractivity contribution in [2.24, 2.45) is 0 Å². The summed E-state index contributed by atoms with van der Waals surface area (Å²) in [4.78, 5) is 27.7. The summed E-state index contributed by atoms with van der Waals surface area (Å²) in [5.41, 5.74) is 3.66. The summed E-state index contributed by atoms with van der Waals surface area (Å²) in [5, 5.41) is 3.47. The molecule has 1 saturated heterocycles. The van der Waals surface area contributed by atoms with Crippen molar-refractivity contribution in [3.05, 3.63) is 81.2 Å². The fourth-order valence-corrected chi connectivity index (χ4v) is 4.20. The Morgan fingerprint density at radius 2 is 1.76 bits per heavy atom. The van der Waals surface area contributed by atoms with Gasteiger partial charge in [0.15, 0.2) is 11.2 Å². The van der Waals surface area contributed by atoms with Gasteiger partial charge in [0.05, 0.1) is 24.6 Å². The van der Waals surface area contributed by atoms with Crippen molar-refractivity contribution in [3.63, 3.8) is 0 Å². The summed E-state index contributed by atoms with van der Waals surface area (Å²) in [6.45, 7) is 11.8. The van der Waals surface area contributed by atoms with Crippen LogP contribution in [0.25, 0.3) is 11.0 Å². The molecule has 4 rings (SSSR count). The number of aryl methyl sites for hydroxylation is 1. The van der Waals surface area contributed by atoms with Gasteiger partial charge in [-0.2, -0.15) is 0 Å². The molecular weight excluding hydrogens is 416 g/mol. The van der Waals surface area contributed by atoms with Crippen molar-refractivity contribution >= 4 is 16.9 Å². The minimum Gasteiger partial charge on any atom is -0.451 e. The summed E-state index contributed by atoms with van der Waals surface area (Å²) in [6.07, 6.45) is 0. The van der Waals surface area contributed by atoms with Gasteiger partial charge >= 0.3 is 0 Å². The van der Waals surface area contributed by atoms with Crippen LogP contribution in [0, 0.1) is 6.92 Å². The highest BCUT2D eigenvalue weighted by Crippen LogP contribution is 2.27. The third-order valence-corrected chi connectivity index (χ3v) is 6.21. The number of hydrogen-bond acceptors (Lipinski definition) is 5. The molecule has 0 aliphatic carbocycles. The molecule has 1 unspecified atom stereocenters. The number of rotatable bonds is 5. The number of amides is 1. The number of carbonyl (C=O) groups excluding carboxylic acids is 1. The predicted octanol–water partition coefficient (Wildman–Crippen LogP) is 4.20. The molecule has 1 fully saturated rings. The fourth-order valence-electron chi connectivity index (χ4n) is 4.20. The highest BCUT2D eigenvalue weighted by atomic mass is 16.5. The van der Waals surface area contributed by atoms with E-state index in [4.69, 9.17) is 9.15 Å². The van der Waals surface area contributed by atoms with Crippen LogP contribution in [0.4, 0.5) is 0 Å². The van der Waals surface area contributed by atoms with E-state index in [1.807, 2.05) is 13.0 Å². The lowest BCUT2D eigenvalue weighted by Gasteiger charge is -2.35. The minimum absolute atomic E-state index is 0.00120. The van der Waals surface area contributed by atoms with Crippen LogP contribution in [0.1, 0.15) is 54.1 Å². The van der Waals surface area contributed by atoms with Crippen LogP contribution in [0.2, 0.25) is 0 Å². The Labute approximate surface area is 194 Å². The number of nitrogens with one attached hydrogen (secondary N) is 1. The van der Waals surface area contributed by atoms with Crippen LogP contribution in [-0.2, 0) is 10.2 Å². The first kappa shape index (κ1) is 23.2. The molecule has 1 N–H and O–H groups in total. The van der Waals surface area contributed by atoms with E-state index in [0.29, 0.717) is 30.7 Å². The van der Waals surface area contributed by atoms with Gasteiger partial charge < -0.3 is 14.5 Å². The van der Waals surface area contributed by atoms with Gasteiger partial charge in [-0.1, -0.05) is 51.1 Å². The molecule has 1 aliphatic heterocycles. The highest BCUT2D eigenvalue weighted by Gasteiger charge is 2.25. The minimum atomic E-state index is -0.389. The number of carbonyl (C=O) groups is 1. The molecular formula is C27H32N2O4. The van der Waals surface area contributed by atoms with Gasteiger partial charge in [0.2, 0.25) is 0 Å². The lowest BCUT2D eigenvalue weighted by Crippen LogP contribution is -2.43. The van der Waals surface area contributed by atoms with Crippen molar-refractivity contribution in [3.8, 4) is 0 Å². The van der Waals surface area contributed by atoms with E-state index in [9.17, 15) is 9.59 Å². The average molecular weight is 449 g/mol. The first-order valence-corrected chi connectivity index (χ1v) is 11.5. The van der Waals surface area contributed by atoms with Crippen LogP contribution in [0.3, 0.4) is 0 Å². The number of benzene rings is 2. The molecule has 33 heavy (non-hydrogen) atoms. The smallest absolute Gasteiger partial charge is 0.287 e. The maximum Gasteiger partial charge on any atom is 0.287 e. The van der Waals surface area contributed by atoms with E-state index in [-0.39, 0.29) is 28.6 Å². The Morgan fingerprint density at radius 3 is 2.42 bits per heavy atom. The molecule has 0 bridgehead atoms.